The molecule has 2 aromatic rings. The quantitative estimate of drug-likeness (QED) is 0.644. The molecule has 1 atom stereocenters. The van der Waals surface area contributed by atoms with Crippen molar-refractivity contribution >= 4 is 30.0 Å². The van der Waals surface area contributed by atoms with Crippen LogP contribution in [-0.4, -0.2) is 20.5 Å². The largest absolute Gasteiger partial charge is 0.494 e. The Labute approximate surface area is 150 Å². The van der Waals surface area contributed by atoms with Gasteiger partial charge in [0.15, 0.2) is 4.77 Å². The lowest BCUT2D eigenvalue weighted by molar-refractivity contribution is 0.399. The smallest absolute Gasteiger partial charge is 0.267 e. The molecule has 1 aromatic carbocycles. The van der Waals surface area contributed by atoms with E-state index in [4.69, 9.17) is 23.8 Å². The second-order valence-corrected chi connectivity index (χ2v) is 6.12. The van der Waals surface area contributed by atoms with Crippen molar-refractivity contribution in [3.8, 4) is 5.88 Å². The monoisotopic (exact) mass is 365 g/mol. The Bertz CT molecular complexity index is 886. The first-order valence-corrected chi connectivity index (χ1v) is 8.54. The number of benzene rings is 1. The molecule has 128 valence electrons. The van der Waals surface area contributed by atoms with E-state index in [0.29, 0.717) is 22.9 Å². The maximum atomic E-state index is 12.5. The average molecular weight is 366 g/mol. The van der Waals surface area contributed by atoms with Crippen molar-refractivity contribution in [3.05, 3.63) is 55.5 Å². The van der Waals surface area contributed by atoms with Gasteiger partial charge in [-0.15, -0.1) is 0 Å². The highest BCUT2D eigenvalue weighted by Gasteiger charge is 2.14. The van der Waals surface area contributed by atoms with Crippen LogP contribution in [0.4, 0.5) is 0 Å². The molecule has 1 aromatic heterocycles. The molecule has 0 spiro atoms. The molecule has 5 nitrogen and oxygen atoms in total. The molecule has 1 heterocycles. The van der Waals surface area contributed by atoms with E-state index in [2.05, 4.69) is 4.99 Å². The van der Waals surface area contributed by atoms with E-state index in [1.54, 1.807) is 6.07 Å². The molecule has 0 radical (unpaired) electrons. The fourth-order valence-electron chi connectivity index (χ4n) is 2.43. The highest BCUT2D eigenvalue weighted by atomic mass is 35.5. The van der Waals surface area contributed by atoms with E-state index < -0.39 is 0 Å². The van der Waals surface area contributed by atoms with Crippen LogP contribution >= 0.6 is 23.8 Å². The number of halogens is 1. The van der Waals surface area contributed by atoms with E-state index in [9.17, 15) is 9.90 Å². The third kappa shape index (κ3) is 3.60. The first kappa shape index (κ1) is 18.4. The molecule has 24 heavy (non-hydrogen) atoms. The van der Waals surface area contributed by atoms with Gasteiger partial charge in [-0.05, 0) is 50.7 Å². The molecule has 0 bridgehead atoms. The zero-order valence-corrected chi connectivity index (χ0v) is 15.4. The molecule has 0 saturated carbocycles. The van der Waals surface area contributed by atoms with E-state index >= 15 is 0 Å². The van der Waals surface area contributed by atoms with Gasteiger partial charge in [0.1, 0.15) is 5.56 Å². The molecule has 0 fully saturated rings. The number of aromatic hydroxyl groups is 1. The SMILES string of the molecule is CCn1c(O)c(C=N[C@@H](C)c2cccc(Cl)c2)c(=O)n(CC)c1=S. The fourth-order valence-corrected chi connectivity index (χ4v) is 3.05. The second-order valence-electron chi connectivity index (χ2n) is 5.32. The molecule has 0 aliphatic heterocycles. The van der Waals surface area contributed by atoms with E-state index in [1.165, 1.54) is 15.3 Å². The van der Waals surface area contributed by atoms with Gasteiger partial charge in [0.25, 0.3) is 5.56 Å². The summed E-state index contributed by atoms with van der Waals surface area (Å²) < 4.78 is 3.28. The molecular formula is C17H20ClN3O2S. The molecule has 0 unspecified atom stereocenters. The van der Waals surface area contributed by atoms with Crippen molar-refractivity contribution < 1.29 is 5.11 Å². The third-order valence-electron chi connectivity index (χ3n) is 3.82. The highest BCUT2D eigenvalue weighted by molar-refractivity contribution is 7.71. The summed E-state index contributed by atoms with van der Waals surface area (Å²) in [5.74, 6) is -0.153. The molecule has 7 heteroatoms. The molecule has 0 aliphatic carbocycles. The van der Waals surface area contributed by atoms with E-state index in [0.717, 1.165) is 5.56 Å². The number of rotatable bonds is 5. The van der Waals surface area contributed by atoms with Crippen LogP contribution in [0.2, 0.25) is 5.02 Å². The molecule has 0 saturated heterocycles. The van der Waals surface area contributed by atoms with Gasteiger partial charge in [0.2, 0.25) is 5.88 Å². The minimum atomic E-state index is -0.341. The second kappa shape index (κ2) is 7.77. The maximum Gasteiger partial charge on any atom is 0.267 e. The van der Waals surface area contributed by atoms with Crippen LogP contribution in [0.1, 0.15) is 37.9 Å². The van der Waals surface area contributed by atoms with Crippen LogP contribution in [0.3, 0.4) is 0 Å². The molecule has 0 amide bonds. The topological polar surface area (TPSA) is 59.5 Å². The Kier molecular flexibility index (Phi) is 5.96. The van der Waals surface area contributed by atoms with Crippen LogP contribution in [-0.2, 0) is 13.1 Å². The molecular weight excluding hydrogens is 346 g/mol. The van der Waals surface area contributed by atoms with Gasteiger partial charge in [-0.2, -0.15) is 0 Å². The Morgan fingerprint density at radius 2 is 2.00 bits per heavy atom. The van der Waals surface area contributed by atoms with Crippen molar-refractivity contribution in [2.45, 2.75) is 39.9 Å². The predicted molar refractivity (Wildman–Crippen MR) is 100.0 cm³/mol. The predicted octanol–water partition coefficient (Wildman–Crippen LogP) is 3.96. The van der Waals surface area contributed by atoms with Gasteiger partial charge in [0.05, 0.1) is 6.04 Å². The lowest BCUT2D eigenvalue weighted by atomic mass is 10.1. The molecule has 2 rings (SSSR count). The van der Waals surface area contributed by atoms with Crippen LogP contribution < -0.4 is 5.56 Å². The van der Waals surface area contributed by atoms with Crippen molar-refractivity contribution in [1.82, 2.24) is 9.13 Å². The number of hydrogen-bond acceptors (Lipinski definition) is 4. The van der Waals surface area contributed by atoms with Crippen LogP contribution in [0.5, 0.6) is 5.88 Å². The lowest BCUT2D eigenvalue weighted by Gasteiger charge is -2.14. The normalized spacial score (nSPS) is 12.7. The van der Waals surface area contributed by atoms with Crippen molar-refractivity contribution in [1.29, 1.82) is 0 Å². The van der Waals surface area contributed by atoms with Gasteiger partial charge in [-0.3, -0.25) is 18.9 Å². The Morgan fingerprint density at radius 1 is 1.33 bits per heavy atom. The third-order valence-corrected chi connectivity index (χ3v) is 4.50. The summed E-state index contributed by atoms with van der Waals surface area (Å²) in [6, 6.07) is 7.18. The van der Waals surface area contributed by atoms with Gasteiger partial charge in [-0.1, -0.05) is 23.7 Å². The first-order valence-electron chi connectivity index (χ1n) is 7.75. The minimum absolute atomic E-state index is 0.140. The van der Waals surface area contributed by atoms with Gasteiger partial charge in [-0.25, -0.2) is 0 Å². The fraction of sp³-hybridized carbons (Fsp3) is 0.353. The maximum absolute atomic E-state index is 12.5. The van der Waals surface area contributed by atoms with Crippen molar-refractivity contribution in [3.63, 3.8) is 0 Å². The summed E-state index contributed by atoms with van der Waals surface area (Å²) in [5, 5.41) is 11.0. The lowest BCUT2D eigenvalue weighted by Crippen LogP contribution is -2.28. The number of nitrogens with zero attached hydrogens (tertiary/aromatic N) is 3. The zero-order chi connectivity index (χ0) is 17.9. The summed E-state index contributed by atoms with van der Waals surface area (Å²) >= 11 is 11.3. The van der Waals surface area contributed by atoms with Crippen molar-refractivity contribution in [2.24, 2.45) is 4.99 Å². The Hall–Kier alpha value is -1.92. The van der Waals surface area contributed by atoms with Gasteiger partial charge >= 0.3 is 0 Å². The minimum Gasteiger partial charge on any atom is -0.494 e. The number of aromatic nitrogens is 2. The summed E-state index contributed by atoms with van der Waals surface area (Å²) in [5.41, 5.74) is 0.727. The van der Waals surface area contributed by atoms with Crippen LogP contribution in [0.25, 0.3) is 0 Å². The summed E-state index contributed by atoms with van der Waals surface area (Å²) in [6.45, 7) is 6.49. The van der Waals surface area contributed by atoms with Gasteiger partial charge in [0, 0.05) is 24.3 Å². The zero-order valence-electron chi connectivity index (χ0n) is 13.9. The van der Waals surface area contributed by atoms with Gasteiger partial charge < -0.3 is 5.11 Å². The molecule has 1 N–H and O–H groups in total. The van der Waals surface area contributed by atoms with E-state index in [1.807, 2.05) is 39.0 Å². The van der Waals surface area contributed by atoms with Crippen LogP contribution in [0, 0.1) is 4.77 Å². The average Bonchev–Trinajstić information content (AvgIpc) is 2.55. The number of hydrogen-bond donors (Lipinski definition) is 1. The molecule has 0 aliphatic rings. The van der Waals surface area contributed by atoms with Crippen molar-refractivity contribution in [2.75, 3.05) is 0 Å². The van der Waals surface area contributed by atoms with E-state index in [-0.39, 0.29) is 23.0 Å². The Balaban J connectivity index is 2.49. The van der Waals surface area contributed by atoms with Crippen LogP contribution in [0.15, 0.2) is 34.1 Å². The highest BCUT2D eigenvalue weighted by Crippen LogP contribution is 2.21. The summed E-state index contributed by atoms with van der Waals surface area (Å²) in [4.78, 5) is 16.9. The Morgan fingerprint density at radius 3 is 2.58 bits per heavy atom. The first-order chi connectivity index (χ1) is 11.4. The summed E-state index contributed by atoms with van der Waals surface area (Å²) in [6.07, 6.45) is 1.41. The number of aliphatic imine (C=N–C) groups is 1. The summed E-state index contributed by atoms with van der Waals surface area (Å²) in [7, 11) is 0. The standard InChI is InChI=1S/C17H20ClN3O2S/c1-4-20-15(22)14(16(23)21(5-2)17(20)24)10-19-11(3)12-7-6-8-13(18)9-12/h6-11,22H,4-5H2,1-3H3/t11-/m0/s1.